The summed E-state index contributed by atoms with van der Waals surface area (Å²) in [6.07, 6.45) is 5.01. The van der Waals surface area contributed by atoms with Gasteiger partial charge in [-0.1, -0.05) is 12.2 Å². The van der Waals surface area contributed by atoms with Crippen LogP contribution >= 0.6 is 12.2 Å². The molecule has 0 fully saturated rings. The number of hydrogen-bond donors (Lipinski definition) is 1. The zero-order valence-corrected chi connectivity index (χ0v) is 6.43. The highest BCUT2D eigenvalue weighted by Crippen LogP contribution is 2.07. The van der Waals surface area contributed by atoms with Crippen LogP contribution < -0.4 is 0 Å². The lowest BCUT2D eigenvalue weighted by Crippen LogP contribution is -1.83. The van der Waals surface area contributed by atoms with E-state index in [1.807, 2.05) is 6.07 Å². The Bertz CT molecular complexity index is 429. The molecule has 2 heterocycles. The van der Waals surface area contributed by atoms with Gasteiger partial charge in [-0.05, 0) is 6.07 Å². The minimum Gasteiger partial charge on any atom is -0.346 e. The van der Waals surface area contributed by atoms with Gasteiger partial charge in [0.05, 0.1) is 17.2 Å². The summed E-state index contributed by atoms with van der Waals surface area (Å²) >= 11 is 4.98. The average Bonchev–Trinajstić information content (AvgIpc) is 2.06. The fraction of sp³-hybridized carbons (Fsp3) is 0. The van der Waals surface area contributed by atoms with E-state index in [1.165, 1.54) is 0 Å². The summed E-state index contributed by atoms with van der Waals surface area (Å²) in [7, 11) is 0. The molecule has 0 aliphatic heterocycles. The van der Waals surface area contributed by atoms with Crippen molar-refractivity contribution >= 4 is 23.1 Å². The number of rotatable bonds is 0. The summed E-state index contributed by atoms with van der Waals surface area (Å²) in [6, 6.07) is 1.87. The number of hydrogen-bond acceptors (Lipinski definition) is 3. The van der Waals surface area contributed by atoms with Crippen LogP contribution in [0.5, 0.6) is 0 Å². The molecular formula is C7H5N3S. The molecule has 2 rings (SSSR count). The van der Waals surface area contributed by atoms with Crippen LogP contribution in [0.2, 0.25) is 0 Å². The lowest BCUT2D eigenvalue weighted by molar-refractivity contribution is 1.19. The number of pyridine rings is 1. The van der Waals surface area contributed by atoms with Crippen LogP contribution in [-0.4, -0.2) is 15.0 Å². The SMILES string of the molecule is S=c1nc[nH]c2ccncc12. The fourth-order valence-corrected chi connectivity index (χ4v) is 1.14. The predicted molar refractivity (Wildman–Crippen MR) is 44.7 cm³/mol. The lowest BCUT2D eigenvalue weighted by atomic mass is 10.3. The number of nitrogens with zero attached hydrogens (tertiary/aromatic N) is 2. The standard InChI is InChI=1S/C7H5N3S/c11-7-5-3-8-2-1-6(5)9-4-10-7/h1-4H,(H,9,10,11). The molecule has 0 saturated carbocycles. The molecule has 54 valence electrons. The Hall–Kier alpha value is -1.29. The van der Waals surface area contributed by atoms with Crippen molar-refractivity contribution in [3.63, 3.8) is 0 Å². The maximum atomic E-state index is 4.98. The zero-order valence-electron chi connectivity index (χ0n) is 5.61. The van der Waals surface area contributed by atoms with Crippen molar-refractivity contribution in [1.82, 2.24) is 15.0 Å². The van der Waals surface area contributed by atoms with E-state index in [2.05, 4.69) is 15.0 Å². The number of aromatic amines is 1. The molecular weight excluding hydrogens is 158 g/mol. The molecule has 0 atom stereocenters. The van der Waals surface area contributed by atoms with Gasteiger partial charge in [-0.15, -0.1) is 0 Å². The molecule has 0 bridgehead atoms. The molecule has 0 saturated heterocycles. The average molecular weight is 163 g/mol. The van der Waals surface area contributed by atoms with E-state index in [0.29, 0.717) is 4.64 Å². The first-order chi connectivity index (χ1) is 5.38. The third kappa shape index (κ3) is 1.01. The van der Waals surface area contributed by atoms with Crippen molar-refractivity contribution in [3.8, 4) is 0 Å². The number of aromatic nitrogens is 3. The quantitative estimate of drug-likeness (QED) is 0.601. The van der Waals surface area contributed by atoms with E-state index in [0.717, 1.165) is 10.9 Å². The topological polar surface area (TPSA) is 41.6 Å². The highest BCUT2D eigenvalue weighted by Gasteiger charge is 1.92. The van der Waals surface area contributed by atoms with Crippen LogP contribution in [0, 0.1) is 4.64 Å². The van der Waals surface area contributed by atoms with Crippen molar-refractivity contribution in [2.45, 2.75) is 0 Å². The molecule has 0 unspecified atom stereocenters. The lowest BCUT2D eigenvalue weighted by Gasteiger charge is -1.93. The predicted octanol–water partition coefficient (Wildman–Crippen LogP) is 1.69. The third-order valence-electron chi connectivity index (χ3n) is 1.45. The van der Waals surface area contributed by atoms with Crippen LogP contribution in [-0.2, 0) is 0 Å². The van der Waals surface area contributed by atoms with E-state index in [4.69, 9.17) is 12.2 Å². The first-order valence-electron chi connectivity index (χ1n) is 3.15. The van der Waals surface area contributed by atoms with Gasteiger partial charge in [-0.25, -0.2) is 4.98 Å². The zero-order chi connectivity index (χ0) is 7.68. The second-order valence-corrected chi connectivity index (χ2v) is 2.52. The summed E-state index contributed by atoms with van der Waals surface area (Å²) < 4.78 is 0.590. The van der Waals surface area contributed by atoms with Gasteiger partial charge in [0.15, 0.2) is 0 Å². The van der Waals surface area contributed by atoms with Gasteiger partial charge in [0, 0.05) is 12.4 Å². The second kappa shape index (κ2) is 2.39. The molecule has 0 spiro atoms. The number of H-pyrrole nitrogens is 1. The van der Waals surface area contributed by atoms with Gasteiger partial charge in [-0.3, -0.25) is 4.98 Å². The summed E-state index contributed by atoms with van der Waals surface area (Å²) in [6.45, 7) is 0. The van der Waals surface area contributed by atoms with Crippen LogP contribution in [0.15, 0.2) is 24.8 Å². The van der Waals surface area contributed by atoms with E-state index in [9.17, 15) is 0 Å². The fourth-order valence-electron chi connectivity index (χ4n) is 0.921. The summed E-state index contributed by atoms with van der Waals surface area (Å²) in [5, 5.41) is 0.894. The highest BCUT2D eigenvalue weighted by atomic mass is 32.1. The number of nitrogens with one attached hydrogen (secondary N) is 1. The van der Waals surface area contributed by atoms with E-state index >= 15 is 0 Å². The van der Waals surface area contributed by atoms with E-state index < -0.39 is 0 Å². The van der Waals surface area contributed by atoms with Crippen molar-refractivity contribution in [2.24, 2.45) is 0 Å². The maximum absolute atomic E-state index is 4.98. The maximum Gasteiger partial charge on any atom is 0.138 e. The smallest absolute Gasteiger partial charge is 0.138 e. The van der Waals surface area contributed by atoms with E-state index in [1.54, 1.807) is 18.7 Å². The van der Waals surface area contributed by atoms with Crippen LogP contribution in [0.25, 0.3) is 10.9 Å². The van der Waals surface area contributed by atoms with Gasteiger partial charge >= 0.3 is 0 Å². The van der Waals surface area contributed by atoms with Crippen molar-refractivity contribution in [3.05, 3.63) is 29.4 Å². The van der Waals surface area contributed by atoms with E-state index in [-0.39, 0.29) is 0 Å². The van der Waals surface area contributed by atoms with Crippen LogP contribution in [0.3, 0.4) is 0 Å². The second-order valence-electron chi connectivity index (χ2n) is 2.13. The van der Waals surface area contributed by atoms with Crippen molar-refractivity contribution < 1.29 is 0 Å². The molecule has 2 aromatic rings. The molecule has 0 amide bonds. The molecule has 11 heavy (non-hydrogen) atoms. The van der Waals surface area contributed by atoms with Crippen LogP contribution in [0.1, 0.15) is 0 Å². The molecule has 0 radical (unpaired) electrons. The summed E-state index contributed by atoms with van der Waals surface area (Å²) in [5.41, 5.74) is 0.972. The van der Waals surface area contributed by atoms with Gasteiger partial charge in [0.1, 0.15) is 4.64 Å². The molecule has 3 nitrogen and oxygen atoms in total. The molecule has 0 aromatic carbocycles. The molecule has 0 aliphatic carbocycles. The first-order valence-corrected chi connectivity index (χ1v) is 3.56. The minimum atomic E-state index is 0.590. The first kappa shape index (κ1) is 6.42. The number of fused-ring (bicyclic) bond motifs is 1. The highest BCUT2D eigenvalue weighted by molar-refractivity contribution is 7.71. The van der Waals surface area contributed by atoms with Gasteiger partial charge in [0.25, 0.3) is 0 Å². The van der Waals surface area contributed by atoms with Gasteiger partial charge in [-0.2, -0.15) is 0 Å². The van der Waals surface area contributed by atoms with Gasteiger partial charge < -0.3 is 4.98 Å². The van der Waals surface area contributed by atoms with Crippen LogP contribution in [0.4, 0.5) is 0 Å². The largest absolute Gasteiger partial charge is 0.346 e. The monoisotopic (exact) mass is 163 g/mol. The summed E-state index contributed by atoms with van der Waals surface area (Å²) in [4.78, 5) is 10.8. The molecule has 1 N–H and O–H groups in total. The van der Waals surface area contributed by atoms with Crippen molar-refractivity contribution in [1.29, 1.82) is 0 Å². The van der Waals surface area contributed by atoms with Gasteiger partial charge in [0.2, 0.25) is 0 Å². The Morgan fingerprint density at radius 3 is 3.18 bits per heavy atom. The Labute approximate surface area is 68.1 Å². The van der Waals surface area contributed by atoms with Crippen molar-refractivity contribution in [2.75, 3.05) is 0 Å². The molecule has 4 heteroatoms. The minimum absolute atomic E-state index is 0.590. The summed E-state index contributed by atoms with van der Waals surface area (Å²) in [5.74, 6) is 0. The molecule has 2 aromatic heterocycles. The Balaban J connectivity index is 3.03. The third-order valence-corrected chi connectivity index (χ3v) is 1.78. The Morgan fingerprint density at radius 2 is 2.36 bits per heavy atom. The Kier molecular flexibility index (Phi) is 1.40. The molecule has 0 aliphatic rings. The normalized spacial score (nSPS) is 10.2. The Morgan fingerprint density at radius 1 is 1.45 bits per heavy atom.